The van der Waals surface area contributed by atoms with E-state index < -0.39 is 12.1 Å². The third-order valence-electron chi connectivity index (χ3n) is 5.51. The zero-order valence-corrected chi connectivity index (χ0v) is 17.3. The number of carbonyl (C=O) groups is 3. The average Bonchev–Trinajstić information content (AvgIpc) is 3.30. The van der Waals surface area contributed by atoms with Crippen LogP contribution in [0.15, 0.2) is 48.8 Å². The van der Waals surface area contributed by atoms with Crippen molar-refractivity contribution in [3.63, 3.8) is 0 Å². The SMILES string of the molecule is Cc1cccc(N2CC3(CCN(C(=O)c4cccnc4)C3)CC2=O)c1.O=C(O)C(F)(F)F. The summed E-state index contributed by atoms with van der Waals surface area (Å²) >= 11 is 0. The van der Waals surface area contributed by atoms with Gasteiger partial charge in [-0.3, -0.25) is 14.6 Å². The third-order valence-corrected chi connectivity index (χ3v) is 5.51. The number of aliphatic carboxylic acids is 1. The number of rotatable bonds is 2. The lowest BCUT2D eigenvalue weighted by atomic mass is 9.86. The molecule has 2 amide bonds. The number of alkyl halides is 3. The van der Waals surface area contributed by atoms with Crippen LogP contribution in [0.25, 0.3) is 0 Å². The van der Waals surface area contributed by atoms with Crippen LogP contribution < -0.4 is 4.90 Å². The highest BCUT2D eigenvalue weighted by Gasteiger charge is 2.48. The second kappa shape index (κ2) is 8.97. The molecule has 170 valence electrons. The van der Waals surface area contributed by atoms with Crippen molar-refractivity contribution in [2.45, 2.75) is 25.9 Å². The van der Waals surface area contributed by atoms with Gasteiger partial charge in [0.15, 0.2) is 0 Å². The van der Waals surface area contributed by atoms with Gasteiger partial charge < -0.3 is 14.9 Å². The first kappa shape index (κ1) is 23.2. The quantitative estimate of drug-likeness (QED) is 0.760. The van der Waals surface area contributed by atoms with E-state index in [1.54, 1.807) is 24.5 Å². The molecule has 1 atom stereocenters. The van der Waals surface area contributed by atoms with Crippen molar-refractivity contribution in [2.75, 3.05) is 24.5 Å². The molecule has 1 N–H and O–H groups in total. The average molecular weight is 449 g/mol. The Morgan fingerprint density at radius 3 is 2.47 bits per heavy atom. The number of pyridine rings is 1. The molecular formula is C22H22F3N3O4. The van der Waals surface area contributed by atoms with Gasteiger partial charge in [-0.1, -0.05) is 12.1 Å². The van der Waals surface area contributed by atoms with Crippen LogP contribution in [0.4, 0.5) is 18.9 Å². The predicted molar refractivity (Wildman–Crippen MR) is 109 cm³/mol. The van der Waals surface area contributed by atoms with Gasteiger partial charge in [0, 0.05) is 49.6 Å². The minimum absolute atomic E-state index is 0.00595. The minimum Gasteiger partial charge on any atom is -0.475 e. The zero-order chi connectivity index (χ0) is 23.5. The number of carboxylic acids is 1. The van der Waals surface area contributed by atoms with Crippen molar-refractivity contribution in [3.05, 3.63) is 59.9 Å². The maximum Gasteiger partial charge on any atom is 0.490 e. The van der Waals surface area contributed by atoms with E-state index in [1.807, 2.05) is 41.0 Å². The van der Waals surface area contributed by atoms with Gasteiger partial charge >= 0.3 is 12.1 Å². The molecule has 32 heavy (non-hydrogen) atoms. The fourth-order valence-corrected chi connectivity index (χ4v) is 3.98. The van der Waals surface area contributed by atoms with Crippen LogP contribution in [0, 0.1) is 12.3 Å². The standard InChI is InChI=1S/C20H21N3O2.C2HF3O2/c1-15-4-2-6-17(10-15)23-14-20(11-18(23)24)7-9-22(13-20)19(25)16-5-3-8-21-12-16;3-2(4,5)1(6)7/h2-6,8,10,12H,7,9,11,13-14H2,1H3;(H,6,7). The number of hydrogen-bond acceptors (Lipinski definition) is 4. The van der Waals surface area contributed by atoms with Crippen molar-refractivity contribution >= 4 is 23.5 Å². The molecule has 7 nitrogen and oxygen atoms in total. The summed E-state index contributed by atoms with van der Waals surface area (Å²) in [7, 11) is 0. The Hall–Kier alpha value is -3.43. The molecule has 2 fully saturated rings. The maximum atomic E-state index is 12.7. The van der Waals surface area contributed by atoms with Gasteiger partial charge in [0.05, 0.1) is 5.56 Å². The number of carboxylic acid groups (broad SMARTS) is 1. The molecule has 2 saturated heterocycles. The first-order valence-electron chi connectivity index (χ1n) is 9.87. The van der Waals surface area contributed by atoms with Crippen molar-refractivity contribution in [1.29, 1.82) is 0 Å². The fraction of sp³-hybridized carbons (Fsp3) is 0.364. The van der Waals surface area contributed by atoms with Crippen LogP contribution >= 0.6 is 0 Å². The lowest BCUT2D eigenvalue weighted by molar-refractivity contribution is -0.192. The minimum atomic E-state index is -5.08. The number of benzene rings is 1. The van der Waals surface area contributed by atoms with E-state index in [0.29, 0.717) is 31.6 Å². The molecule has 2 aliphatic rings. The second-order valence-corrected chi connectivity index (χ2v) is 8.02. The highest BCUT2D eigenvalue weighted by Crippen LogP contribution is 2.42. The highest BCUT2D eigenvalue weighted by atomic mass is 19.4. The number of halogens is 3. The molecule has 1 aromatic carbocycles. The Morgan fingerprint density at radius 1 is 1.16 bits per heavy atom. The fourth-order valence-electron chi connectivity index (χ4n) is 3.98. The van der Waals surface area contributed by atoms with Crippen molar-refractivity contribution in [3.8, 4) is 0 Å². The van der Waals surface area contributed by atoms with E-state index in [0.717, 1.165) is 17.7 Å². The Kier molecular flexibility index (Phi) is 6.52. The van der Waals surface area contributed by atoms with Crippen LogP contribution in [-0.2, 0) is 9.59 Å². The number of hydrogen-bond donors (Lipinski definition) is 1. The summed E-state index contributed by atoms with van der Waals surface area (Å²) < 4.78 is 31.7. The summed E-state index contributed by atoms with van der Waals surface area (Å²) in [6.07, 6.45) is -0.436. The third kappa shape index (κ3) is 5.24. The molecule has 0 saturated carbocycles. The van der Waals surface area contributed by atoms with Crippen LogP contribution in [-0.4, -0.2) is 58.6 Å². The molecule has 0 aliphatic carbocycles. The molecule has 0 bridgehead atoms. The van der Waals surface area contributed by atoms with Gasteiger partial charge in [-0.2, -0.15) is 13.2 Å². The van der Waals surface area contributed by atoms with E-state index in [2.05, 4.69) is 4.98 Å². The monoisotopic (exact) mass is 449 g/mol. The molecule has 4 rings (SSSR count). The molecule has 2 aliphatic heterocycles. The molecule has 3 heterocycles. The van der Waals surface area contributed by atoms with Crippen molar-refractivity contribution in [1.82, 2.24) is 9.88 Å². The van der Waals surface area contributed by atoms with Crippen LogP contribution in [0.2, 0.25) is 0 Å². The Labute approximate surface area is 182 Å². The molecule has 2 aromatic rings. The largest absolute Gasteiger partial charge is 0.490 e. The summed E-state index contributed by atoms with van der Waals surface area (Å²) in [5.74, 6) is -2.60. The van der Waals surface area contributed by atoms with Gasteiger partial charge in [0.2, 0.25) is 5.91 Å². The Balaban J connectivity index is 0.000000360. The number of likely N-dealkylation sites (tertiary alicyclic amines) is 1. The van der Waals surface area contributed by atoms with Crippen LogP contribution in [0.5, 0.6) is 0 Å². The normalized spacial score (nSPS) is 20.3. The molecule has 1 spiro atoms. The lowest BCUT2D eigenvalue weighted by Crippen LogP contribution is -2.34. The summed E-state index contributed by atoms with van der Waals surface area (Å²) in [4.78, 5) is 41.9. The zero-order valence-electron chi connectivity index (χ0n) is 17.3. The van der Waals surface area contributed by atoms with E-state index >= 15 is 0 Å². The maximum absolute atomic E-state index is 12.7. The molecular weight excluding hydrogens is 427 g/mol. The van der Waals surface area contributed by atoms with Gasteiger partial charge in [0.1, 0.15) is 0 Å². The van der Waals surface area contributed by atoms with Crippen LogP contribution in [0.3, 0.4) is 0 Å². The van der Waals surface area contributed by atoms with E-state index in [9.17, 15) is 22.8 Å². The van der Waals surface area contributed by atoms with Gasteiger partial charge in [-0.15, -0.1) is 0 Å². The number of carbonyl (C=O) groups excluding carboxylic acids is 2. The van der Waals surface area contributed by atoms with E-state index in [1.165, 1.54) is 0 Å². The van der Waals surface area contributed by atoms with Crippen molar-refractivity contribution < 1.29 is 32.7 Å². The van der Waals surface area contributed by atoms with Crippen LogP contribution in [0.1, 0.15) is 28.8 Å². The summed E-state index contributed by atoms with van der Waals surface area (Å²) in [6, 6.07) is 11.6. The number of anilines is 1. The van der Waals surface area contributed by atoms with Crippen molar-refractivity contribution in [2.24, 2.45) is 5.41 Å². The first-order valence-corrected chi connectivity index (χ1v) is 9.87. The smallest absolute Gasteiger partial charge is 0.475 e. The van der Waals surface area contributed by atoms with E-state index in [-0.39, 0.29) is 17.2 Å². The predicted octanol–water partition coefficient (Wildman–Crippen LogP) is 3.29. The van der Waals surface area contributed by atoms with Gasteiger partial charge in [0.25, 0.3) is 5.91 Å². The summed E-state index contributed by atoms with van der Waals surface area (Å²) in [5, 5.41) is 7.12. The number of aryl methyl sites for hydroxylation is 1. The highest BCUT2D eigenvalue weighted by molar-refractivity contribution is 5.97. The number of nitrogens with zero attached hydrogens (tertiary/aromatic N) is 3. The molecule has 10 heteroatoms. The Morgan fingerprint density at radius 2 is 1.88 bits per heavy atom. The van der Waals surface area contributed by atoms with Gasteiger partial charge in [-0.05, 0) is 43.2 Å². The van der Waals surface area contributed by atoms with Gasteiger partial charge in [-0.25, -0.2) is 4.79 Å². The molecule has 1 unspecified atom stereocenters. The summed E-state index contributed by atoms with van der Waals surface area (Å²) in [5.41, 5.74) is 2.59. The molecule has 0 radical (unpaired) electrons. The van der Waals surface area contributed by atoms with E-state index in [4.69, 9.17) is 9.90 Å². The topological polar surface area (TPSA) is 90.8 Å². The number of amides is 2. The lowest BCUT2D eigenvalue weighted by Gasteiger charge is -2.24. The summed E-state index contributed by atoms with van der Waals surface area (Å²) in [6.45, 7) is 4.05. The Bertz CT molecular complexity index is 1010. The second-order valence-electron chi connectivity index (χ2n) is 8.02. The first-order chi connectivity index (χ1) is 15.0. The molecule has 1 aromatic heterocycles. The number of aromatic nitrogens is 1.